The van der Waals surface area contributed by atoms with Gasteiger partial charge in [-0.25, -0.2) is 9.78 Å². The number of pyridine rings is 1. The molecule has 0 aliphatic rings. The number of halogens is 3. The standard InChI is InChI=1S/C18H17Cl3N2O3/c1-9(2)11-6-4-5-10(3)16(11)23-13(24)8-26-18(25)17-15(21)14(20)12(19)7-22-17/h4-7,9H,8H2,1-3H3,(H,23,24). The summed E-state index contributed by atoms with van der Waals surface area (Å²) in [6.07, 6.45) is 1.19. The Hall–Kier alpha value is -1.82. The molecule has 1 aromatic heterocycles. The molecule has 0 aliphatic carbocycles. The minimum absolute atomic E-state index is 0.00113. The zero-order valence-corrected chi connectivity index (χ0v) is 16.7. The molecule has 1 aromatic carbocycles. The van der Waals surface area contributed by atoms with Crippen molar-refractivity contribution in [3.8, 4) is 0 Å². The Bertz CT molecular complexity index is 854. The van der Waals surface area contributed by atoms with Crippen molar-refractivity contribution in [3.05, 3.63) is 56.3 Å². The molecule has 0 spiro atoms. The summed E-state index contributed by atoms with van der Waals surface area (Å²) in [5.41, 5.74) is 2.44. The molecule has 0 unspecified atom stereocenters. The highest BCUT2D eigenvalue weighted by atomic mass is 35.5. The quantitative estimate of drug-likeness (QED) is 0.676. The van der Waals surface area contributed by atoms with Gasteiger partial charge in [-0.3, -0.25) is 4.79 Å². The lowest BCUT2D eigenvalue weighted by Gasteiger charge is -2.16. The second-order valence-corrected chi connectivity index (χ2v) is 7.06. The third-order valence-corrected chi connectivity index (χ3v) is 4.88. The minimum atomic E-state index is -0.863. The number of aromatic nitrogens is 1. The van der Waals surface area contributed by atoms with Crippen molar-refractivity contribution in [2.75, 3.05) is 11.9 Å². The summed E-state index contributed by atoms with van der Waals surface area (Å²) < 4.78 is 4.98. The lowest BCUT2D eigenvalue weighted by atomic mass is 9.98. The first-order valence-electron chi connectivity index (χ1n) is 7.78. The van der Waals surface area contributed by atoms with Gasteiger partial charge in [0, 0.05) is 11.9 Å². The molecular weight excluding hydrogens is 399 g/mol. The highest BCUT2D eigenvalue weighted by molar-refractivity contribution is 6.48. The molecule has 8 heteroatoms. The number of anilines is 1. The summed E-state index contributed by atoms with van der Waals surface area (Å²) in [5.74, 6) is -1.10. The second-order valence-electron chi connectivity index (χ2n) is 5.90. The summed E-state index contributed by atoms with van der Waals surface area (Å²) in [6, 6.07) is 5.77. The van der Waals surface area contributed by atoms with Crippen LogP contribution in [-0.2, 0) is 9.53 Å². The van der Waals surface area contributed by atoms with Gasteiger partial charge in [-0.2, -0.15) is 0 Å². The molecule has 0 saturated heterocycles. The third-order valence-electron chi connectivity index (χ3n) is 3.64. The number of benzene rings is 1. The van der Waals surface area contributed by atoms with Gasteiger partial charge in [-0.1, -0.05) is 66.8 Å². The van der Waals surface area contributed by atoms with Crippen LogP contribution in [0.3, 0.4) is 0 Å². The van der Waals surface area contributed by atoms with E-state index >= 15 is 0 Å². The smallest absolute Gasteiger partial charge is 0.359 e. The maximum absolute atomic E-state index is 12.2. The molecule has 0 saturated carbocycles. The number of esters is 1. The van der Waals surface area contributed by atoms with Crippen LogP contribution in [-0.4, -0.2) is 23.5 Å². The molecule has 2 aromatic rings. The van der Waals surface area contributed by atoms with Crippen LogP contribution in [0.1, 0.15) is 41.4 Å². The first kappa shape index (κ1) is 20.5. The number of amides is 1. The third kappa shape index (κ3) is 4.67. The SMILES string of the molecule is Cc1cccc(C(C)C)c1NC(=O)COC(=O)c1ncc(Cl)c(Cl)c1Cl. The van der Waals surface area contributed by atoms with Gasteiger partial charge in [0.2, 0.25) is 0 Å². The van der Waals surface area contributed by atoms with E-state index in [2.05, 4.69) is 10.3 Å². The van der Waals surface area contributed by atoms with Gasteiger partial charge < -0.3 is 10.1 Å². The normalized spacial score (nSPS) is 10.7. The molecule has 1 N–H and O–H groups in total. The van der Waals surface area contributed by atoms with E-state index in [0.29, 0.717) is 5.69 Å². The fourth-order valence-electron chi connectivity index (χ4n) is 2.30. The van der Waals surface area contributed by atoms with Crippen LogP contribution in [0.4, 0.5) is 5.69 Å². The van der Waals surface area contributed by atoms with Gasteiger partial charge in [0.1, 0.15) is 0 Å². The molecule has 5 nitrogen and oxygen atoms in total. The number of carbonyl (C=O) groups is 2. The monoisotopic (exact) mass is 414 g/mol. The number of para-hydroxylation sites is 1. The lowest BCUT2D eigenvalue weighted by molar-refractivity contribution is -0.119. The second kappa shape index (κ2) is 8.71. The molecule has 0 aliphatic heterocycles. The number of carbonyl (C=O) groups excluding carboxylic acids is 2. The average Bonchev–Trinajstić information content (AvgIpc) is 2.59. The molecule has 0 atom stereocenters. The molecule has 1 heterocycles. The van der Waals surface area contributed by atoms with Gasteiger partial charge in [0.05, 0.1) is 15.1 Å². The molecule has 2 rings (SSSR count). The van der Waals surface area contributed by atoms with Crippen LogP contribution < -0.4 is 5.32 Å². The van der Waals surface area contributed by atoms with Gasteiger partial charge in [-0.15, -0.1) is 0 Å². The number of rotatable bonds is 5. The maximum Gasteiger partial charge on any atom is 0.359 e. The number of hydrogen-bond acceptors (Lipinski definition) is 4. The van der Waals surface area contributed by atoms with E-state index in [-0.39, 0.29) is 26.7 Å². The van der Waals surface area contributed by atoms with Crippen molar-refractivity contribution in [2.45, 2.75) is 26.7 Å². The van der Waals surface area contributed by atoms with Crippen LogP contribution in [0.5, 0.6) is 0 Å². The van der Waals surface area contributed by atoms with Crippen molar-refractivity contribution >= 4 is 52.4 Å². The predicted octanol–water partition coefficient (Wildman–Crippen LogP) is 5.27. The first-order valence-corrected chi connectivity index (χ1v) is 8.91. The average molecular weight is 416 g/mol. The summed E-state index contributed by atoms with van der Waals surface area (Å²) in [5, 5.41) is 2.78. The van der Waals surface area contributed by atoms with Gasteiger partial charge >= 0.3 is 5.97 Å². The van der Waals surface area contributed by atoms with E-state index in [0.717, 1.165) is 11.1 Å². The van der Waals surface area contributed by atoms with Gasteiger partial charge in [0.25, 0.3) is 5.91 Å². The zero-order valence-electron chi connectivity index (χ0n) is 14.4. The van der Waals surface area contributed by atoms with E-state index in [1.54, 1.807) is 0 Å². The Morgan fingerprint density at radius 3 is 2.54 bits per heavy atom. The van der Waals surface area contributed by atoms with E-state index in [1.807, 2.05) is 39.0 Å². The molecule has 0 fully saturated rings. The predicted molar refractivity (Wildman–Crippen MR) is 103 cm³/mol. The Balaban J connectivity index is 2.06. The lowest BCUT2D eigenvalue weighted by Crippen LogP contribution is -2.22. The van der Waals surface area contributed by atoms with Crippen molar-refractivity contribution in [1.29, 1.82) is 0 Å². The van der Waals surface area contributed by atoms with Crippen LogP contribution in [0.25, 0.3) is 0 Å². The van der Waals surface area contributed by atoms with Crippen LogP contribution in [0, 0.1) is 6.92 Å². The highest BCUT2D eigenvalue weighted by Gasteiger charge is 2.20. The Labute approximate surface area is 166 Å². The fraction of sp³-hybridized carbons (Fsp3) is 0.278. The molecule has 138 valence electrons. The highest BCUT2D eigenvalue weighted by Crippen LogP contribution is 2.31. The van der Waals surface area contributed by atoms with Crippen molar-refractivity contribution < 1.29 is 14.3 Å². The van der Waals surface area contributed by atoms with Crippen molar-refractivity contribution in [2.24, 2.45) is 0 Å². The molecule has 26 heavy (non-hydrogen) atoms. The number of nitrogens with zero attached hydrogens (tertiary/aromatic N) is 1. The van der Waals surface area contributed by atoms with Gasteiger partial charge in [0.15, 0.2) is 12.3 Å². The Morgan fingerprint density at radius 2 is 1.88 bits per heavy atom. The summed E-state index contributed by atoms with van der Waals surface area (Å²) in [4.78, 5) is 28.1. The van der Waals surface area contributed by atoms with E-state index in [1.165, 1.54) is 6.20 Å². The van der Waals surface area contributed by atoms with Crippen LogP contribution in [0.2, 0.25) is 15.1 Å². The first-order chi connectivity index (χ1) is 12.2. The summed E-state index contributed by atoms with van der Waals surface area (Å²) in [7, 11) is 0. The van der Waals surface area contributed by atoms with E-state index in [4.69, 9.17) is 39.5 Å². The topological polar surface area (TPSA) is 68.3 Å². The van der Waals surface area contributed by atoms with Crippen molar-refractivity contribution in [3.63, 3.8) is 0 Å². The van der Waals surface area contributed by atoms with Gasteiger partial charge in [-0.05, 0) is 24.0 Å². The Kier molecular flexibility index (Phi) is 6.87. The zero-order chi connectivity index (χ0) is 19.4. The number of hydrogen-bond donors (Lipinski definition) is 1. The van der Waals surface area contributed by atoms with Crippen LogP contribution in [0.15, 0.2) is 24.4 Å². The number of nitrogens with one attached hydrogen (secondary N) is 1. The largest absolute Gasteiger partial charge is 0.451 e. The molecule has 0 bridgehead atoms. The molecule has 1 amide bonds. The number of aryl methyl sites for hydroxylation is 1. The Morgan fingerprint density at radius 1 is 1.19 bits per heavy atom. The van der Waals surface area contributed by atoms with E-state index in [9.17, 15) is 9.59 Å². The fourth-order valence-corrected chi connectivity index (χ4v) is 2.86. The van der Waals surface area contributed by atoms with Crippen molar-refractivity contribution in [1.82, 2.24) is 4.98 Å². The molecule has 0 radical (unpaired) electrons. The maximum atomic E-state index is 12.2. The van der Waals surface area contributed by atoms with E-state index < -0.39 is 18.5 Å². The minimum Gasteiger partial charge on any atom is -0.451 e. The summed E-state index contributed by atoms with van der Waals surface area (Å²) in [6.45, 7) is 5.47. The number of ether oxygens (including phenoxy) is 1. The summed E-state index contributed by atoms with van der Waals surface area (Å²) >= 11 is 17.6. The molecular formula is C18H17Cl3N2O3. The van der Waals surface area contributed by atoms with Crippen LogP contribution >= 0.6 is 34.8 Å².